The number of ether oxygens (including phenoxy) is 1. The Labute approximate surface area is 215 Å². The number of aliphatic hydroxyl groups is 1. The predicted octanol–water partition coefficient (Wildman–Crippen LogP) is 5.59. The Morgan fingerprint density at radius 2 is 1.62 bits per heavy atom. The molecule has 3 aromatic carbocycles. The molecule has 0 bridgehead atoms. The Bertz CT molecular complexity index is 1450. The highest BCUT2D eigenvalue weighted by Gasteiger charge is 2.46. The first-order valence-corrected chi connectivity index (χ1v) is 12.0. The molecule has 1 amide bonds. The summed E-state index contributed by atoms with van der Waals surface area (Å²) in [5.74, 6) is -0.934. The molecule has 1 aromatic heterocycles. The van der Waals surface area contributed by atoms with Gasteiger partial charge in [-0.05, 0) is 60.0 Å². The fourth-order valence-corrected chi connectivity index (χ4v) is 4.54. The number of pyridine rings is 1. The Kier molecular flexibility index (Phi) is 6.81. The van der Waals surface area contributed by atoms with Crippen LogP contribution in [0.1, 0.15) is 33.9 Å². The normalized spacial score (nSPS) is 16.7. The van der Waals surface area contributed by atoms with Crippen LogP contribution in [0.2, 0.25) is 0 Å². The summed E-state index contributed by atoms with van der Waals surface area (Å²) in [5, 5.41) is 11.3. The monoisotopic (exact) mass is 490 g/mol. The highest BCUT2D eigenvalue weighted by Crippen LogP contribution is 2.40. The van der Waals surface area contributed by atoms with E-state index < -0.39 is 17.7 Å². The van der Waals surface area contributed by atoms with Crippen molar-refractivity contribution < 1.29 is 19.4 Å². The molecule has 1 N–H and O–H groups in total. The van der Waals surface area contributed by atoms with Gasteiger partial charge in [-0.2, -0.15) is 0 Å². The minimum Gasteiger partial charge on any atom is -0.507 e. The van der Waals surface area contributed by atoms with E-state index in [0.717, 1.165) is 22.3 Å². The van der Waals surface area contributed by atoms with E-state index in [1.165, 1.54) is 4.90 Å². The van der Waals surface area contributed by atoms with E-state index >= 15 is 0 Å². The first kappa shape index (κ1) is 24.0. The lowest BCUT2D eigenvalue weighted by Gasteiger charge is -2.25. The number of benzene rings is 3. The highest BCUT2D eigenvalue weighted by atomic mass is 16.5. The lowest BCUT2D eigenvalue weighted by molar-refractivity contribution is -0.140. The number of amides is 1. The maximum atomic E-state index is 13.2. The largest absolute Gasteiger partial charge is 0.507 e. The zero-order chi connectivity index (χ0) is 25.8. The molecular formula is C31H26N2O4. The zero-order valence-electron chi connectivity index (χ0n) is 20.4. The second kappa shape index (κ2) is 10.5. The second-order valence-electron chi connectivity index (χ2n) is 9.00. The number of rotatable bonds is 7. The smallest absolute Gasteiger partial charge is 0.295 e. The summed E-state index contributed by atoms with van der Waals surface area (Å²) < 4.78 is 5.89. The second-order valence-corrected chi connectivity index (χ2v) is 9.00. The van der Waals surface area contributed by atoms with E-state index in [9.17, 15) is 14.7 Å². The lowest BCUT2D eigenvalue weighted by atomic mass is 9.95. The number of hydrogen-bond acceptors (Lipinski definition) is 5. The highest BCUT2D eigenvalue weighted by molar-refractivity contribution is 6.46. The van der Waals surface area contributed by atoms with E-state index in [4.69, 9.17) is 4.74 Å². The predicted molar refractivity (Wildman–Crippen MR) is 140 cm³/mol. The third kappa shape index (κ3) is 5.14. The molecule has 0 saturated carbocycles. The summed E-state index contributed by atoms with van der Waals surface area (Å²) in [6.45, 7) is 2.67. The SMILES string of the molecule is Cc1cccc(COc2ccc(C(O)=C3C(=O)C(=O)N(Cc4ccncc4)[C@@H]3c3ccccc3)cc2)c1. The number of likely N-dealkylation sites (tertiary alicyclic amines) is 1. The lowest BCUT2D eigenvalue weighted by Crippen LogP contribution is -2.29. The van der Waals surface area contributed by atoms with Crippen LogP contribution in [-0.2, 0) is 22.7 Å². The summed E-state index contributed by atoms with van der Waals surface area (Å²) in [4.78, 5) is 31.9. The summed E-state index contributed by atoms with van der Waals surface area (Å²) in [6.07, 6.45) is 3.29. The van der Waals surface area contributed by atoms with Crippen molar-refractivity contribution in [1.82, 2.24) is 9.88 Å². The van der Waals surface area contributed by atoms with Crippen molar-refractivity contribution >= 4 is 17.4 Å². The molecule has 1 saturated heterocycles. The van der Waals surface area contributed by atoms with E-state index in [1.54, 1.807) is 48.8 Å². The van der Waals surface area contributed by atoms with Crippen molar-refractivity contribution in [2.75, 3.05) is 0 Å². The number of aryl methyl sites for hydroxylation is 1. The maximum Gasteiger partial charge on any atom is 0.295 e. The van der Waals surface area contributed by atoms with Crippen LogP contribution in [0, 0.1) is 6.92 Å². The molecular weight excluding hydrogens is 464 g/mol. The molecule has 0 aliphatic carbocycles. The number of aromatic nitrogens is 1. The Morgan fingerprint density at radius 3 is 2.32 bits per heavy atom. The molecule has 0 unspecified atom stereocenters. The molecule has 5 rings (SSSR count). The van der Waals surface area contributed by atoms with Crippen LogP contribution in [0.15, 0.2) is 109 Å². The number of hydrogen-bond donors (Lipinski definition) is 1. The van der Waals surface area contributed by atoms with Gasteiger partial charge in [0.05, 0.1) is 11.6 Å². The number of nitrogens with zero attached hydrogens (tertiary/aromatic N) is 2. The van der Waals surface area contributed by atoms with Gasteiger partial charge < -0.3 is 14.7 Å². The van der Waals surface area contributed by atoms with Crippen LogP contribution in [0.3, 0.4) is 0 Å². The number of Topliss-reactive ketones (excluding diaryl/α,β-unsaturated/α-hetero) is 1. The molecule has 1 aliphatic heterocycles. The van der Waals surface area contributed by atoms with E-state index in [0.29, 0.717) is 17.9 Å². The van der Waals surface area contributed by atoms with Crippen molar-refractivity contribution in [2.24, 2.45) is 0 Å². The average molecular weight is 491 g/mol. The molecule has 1 fully saturated rings. The molecule has 0 spiro atoms. The Balaban J connectivity index is 1.45. The fourth-order valence-electron chi connectivity index (χ4n) is 4.54. The molecule has 4 aromatic rings. The molecule has 184 valence electrons. The van der Waals surface area contributed by atoms with E-state index in [1.807, 2.05) is 55.5 Å². The van der Waals surface area contributed by atoms with Gasteiger partial charge >= 0.3 is 0 Å². The Morgan fingerprint density at radius 1 is 0.892 bits per heavy atom. The quantitative estimate of drug-likeness (QED) is 0.208. The van der Waals surface area contributed by atoms with Gasteiger partial charge in [-0.3, -0.25) is 14.6 Å². The minimum atomic E-state index is -0.716. The fraction of sp³-hybridized carbons (Fsp3) is 0.129. The van der Waals surface area contributed by atoms with Gasteiger partial charge in [-0.1, -0.05) is 60.2 Å². The van der Waals surface area contributed by atoms with Crippen molar-refractivity contribution in [3.05, 3.63) is 137 Å². The summed E-state index contributed by atoms with van der Waals surface area (Å²) in [6, 6.07) is 27.1. The summed E-state index contributed by atoms with van der Waals surface area (Å²) >= 11 is 0. The summed E-state index contributed by atoms with van der Waals surface area (Å²) in [7, 11) is 0. The minimum absolute atomic E-state index is 0.0682. The van der Waals surface area contributed by atoms with Crippen molar-refractivity contribution in [3.8, 4) is 5.75 Å². The van der Waals surface area contributed by atoms with Gasteiger partial charge in [0.25, 0.3) is 11.7 Å². The topological polar surface area (TPSA) is 79.7 Å². The molecule has 1 atom stereocenters. The molecule has 6 heteroatoms. The van der Waals surface area contributed by atoms with Gasteiger partial charge in [0.1, 0.15) is 18.1 Å². The molecule has 6 nitrogen and oxygen atoms in total. The number of aliphatic hydroxyl groups excluding tert-OH is 1. The van der Waals surface area contributed by atoms with Crippen molar-refractivity contribution in [1.29, 1.82) is 0 Å². The van der Waals surface area contributed by atoms with Crippen LogP contribution < -0.4 is 4.74 Å². The van der Waals surface area contributed by atoms with Crippen LogP contribution in [0.5, 0.6) is 5.75 Å². The molecule has 1 aliphatic rings. The van der Waals surface area contributed by atoms with Crippen molar-refractivity contribution in [3.63, 3.8) is 0 Å². The van der Waals surface area contributed by atoms with Crippen LogP contribution in [0.25, 0.3) is 5.76 Å². The summed E-state index contributed by atoms with van der Waals surface area (Å²) in [5.41, 5.74) is 4.31. The van der Waals surface area contributed by atoms with Crippen molar-refractivity contribution in [2.45, 2.75) is 26.1 Å². The van der Waals surface area contributed by atoms with Gasteiger partial charge in [-0.25, -0.2) is 0 Å². The van der Waals surface area contributed by atoms with E-state index in [2.05, 4.69) is 11.1 Å². The van der Waals surface area contributed by atoms with E-state index in [-0.39, 0.29) is 17.9 Å². The molecule has 0 radical (unpaired) electrons. The van der Waals surface area contributed by atoms with Crippen LogP contribution in [-0.4, -0.2) is 26.7 Å². The van der Waals surface area contributed by atoms with Crippen LogP contribution in [0.4, 0.5) is 0 Å². The number of ketones is 1. The Hall–Kier alpha value is -4.71. The molecule has 2 heterocycles. The maximum absolute atomic E-state index is 13.2. The number of carbonyl (C=O) groups is 2. The molecule has 37 heavy (non-hydrogen) atoms. The third-order valence-corrected chi connectivity index (χ3v) is 6.37. The zero-order valence-corrected chi connectivity index (χ0v) is 20.4. The number of carbonyl (C=O) groups excluding carboxylic acids is 2. The standard InChI is InChI=1S/C31H26N2O4/c1-21-6-5-7-23(18-21)20-37-26-12-10-25(11-13-26)29(34)27-28(24-8-3-2-4-9-24)33(31(36)30(27)35)19-22-14-16-32-17-15-22/h2-18,28,34H,19-20H2,1H3/t28-/m1/s1. The average Bonchev–Trinajstić information content (AvgIpc) is 3.18. The first-order chi connectivity index (χ1) is 18.0. The first-order valence-electron chi connectivity index (χ1n) is 12.0. The van der Waals surface area contributed by atoms with Gasteiger partial charge in [0.2, 0.25) is 0 Å². The van der Waals surface area contributed by atoms with Crippen LogP contribution >= 0.6 is 0 Å². The van der Waals surface area contributed by atoms with Gasteiger partial charge in [0, 0.05) is 24.5 Å². The van der Waals surface area contributed by atoms with Gasteiger partial charge in [-0.15, -0.1) is 0 Å². The van der Waals surface area contributed by atoms with Gasteiger partial charge in [0.15, 0.2) is 0 Å². The third-order valence-electron chi connectivity index (χ3n) is 6.37.